The van der Waals surface area contributed by atoms with Crippen LogP contribution in [0.15, 0.2) is 23.4 Å². The molecule has 1 aromatic heterocycles. The number of rotatable bonds is 6. The molecule has 1 N–H and O–H groups in total. The molecular weight excluding hydrogens is 298 g/mol. The molecule has 0 bridgehead atoms. The van der Waals surface area contributed by atoms with Crippen molar-refractivity contribution in [1.82, 2.24) is 10.3 Å². The Morgan fingerprint density at radius 3 is 3.05 bits per heavy atom. The number of fused-ring (bicyclic) bond motifs is 1. The highest BCUT2D eigenvalue weighted by Crippen LogP contribution is 2.38. The first-order valence-corrected chi connectivity index (χ1v) is 8.79. The summed E-state index contributed by atoms with van der Waals surface area (Å²) in [4.78, 5) is 30.9. The summed E-state index contributed by atoms with van der Waals surface area (Å²) in [6.45, 7) is 2.79. The average molecular weight is 319 g/mol. The van der Waals surface area contributed by atoms with Crippen LogP contribution in [-0.4, -0.2) is 34.6 Å². The standard InChI is InChI=1S/C16H21N3O2S/c1-2-3-9-19-12-5-4-8-17-15(12)22-13(16(19)21)10-14(20)18-11-6-7-11/h4-5,8,11,13H,2-3,6-7,9-10H2,1H3,(H,18,20)/t13-/m0/s1. The monoisotopic (exact) mass is 319 g/mol. The number of carbonyl (C=O) groups excluding carboxylic acids is 2. The van der Waals surface area contributed by atoms with Crippen LogP contribution in [0.2, 0.25) is 0 Å². The lowest BCUT2D eigenvalue weighted by molar-refractivity contribution is -0.125. The molecule has 2 aliphatic rings. The predicted molar refractivity (Wildman–Crippen MR) is 86.9 cm³/mol. The molecule has 0 saturated heterocycles. The van der Waals surface area contributed by atoms with Crippen LogP contribution in [0.3, 0.4) is 0 Å². The van der Waals surface area contributed by atoms with E-state index in [1.807, 2.05) is 12.1 Å². The van der Waals surface area contributed by atoms with Crippen LogP contribution >= 0.6 is 11.8 Å². The maximum absolute atomic E-state index is 12.7. The maximum atomic E-state index is 12.7. The fraction of sp³-hybridized carbons (Fsp3) is 0.562. The number of hydrogen-bond acceptors (Lipinski definition) is 4. The Morgan fingerprint density at radius 2 is 2.32 bits per heavy atom. The number of anilines is 1. The van der Waals surface area contributed by atoms with Crippen LogP contribution in [0.25, 0.3) is 0 Å². The molecule has 0 aromatic carbocycles. The van der Waals surface area contributed by atoms with Crippen molar-refractivity contribution in [3.63, 3.8) is 0 Å². The van der Waals surface area contributed by atoms with Gasteiger partial charge in [0.15, 0.2) is 0 Å². The molecule has 1 saturated carbocycles. The number of amides is 2. The number of unbranched alkanes of at least 4 members (excludes halogenated alkanes) is 1. The summed E-state index contributed by atoms with van der Waals surface area (Å²) < 4.78 is 0. The molecule has 5 nitrogen and oxygen atoms in total. The topological polar surface area (TPSA) is 62.3 Å². The van der Waals surface area contributed by atoms with Gasteiger partial charge in [-0.25, -0.2) is 4.98 Å². The van der Waals surface area contributed by atoms with E-state index in [0.717, 1.165) is 36.4 Å². The van der Waals surface area contributed by atoms with Gasteiger partial charge >= 0.3 is 0 Å². The summed E-state index contributed by atoms with van der Waals surface area (Å²) in [7, 11) is 0. The van der Waals surface area contributed by atoms with Gasteiger partial charge in [0.05, 0.1) is 10.9 Å². The Hall–Kier alpha value is -1.56. The van der Waals surface area contributed by atoms with Crippen LogP contribution in [0.5, 0.6) is 0 Å². The van der Waals surface area contributed by atoms with E-state index in [1.54, 1.807) is 11.1 Å². The SMILES string of the molecule is CCCCN1C(=O)[C@H](CC(=O)NC2CC2)Sc2ncccc21. The molecule has 6 heteroatoms. The first kappa shape index (κ1) is 15.3. The van der Waals surface area contributed by atoms with Gasteiger partial charge in [0, 0.05) is 25.2 Å². The van der Waals surface area contributed by atoms with E-state index in [9.17, 15) is 9.59 Å². The van der Waals surface area contributed by atoms with Crippen molar-refractivity contribution in [1.29, 1.82) is 0 Å². The number of nitrogens with one attached hydrogen (secondary N) is 1. The zero-order chi connectivity index (χ0) is 15.5. The first-order chi connectivity index (χ1) is 10.7. The summed E-state index contributed by atoms with van der Waals surface area (Å²) in [6, 6.07) is 4.12. The van der Waals surface area contributed by atoms with Gasteiger partial charge in [0.2, 0.25) is 11.8 Å². The number of pyridine rings is 1. The smallest absolute Gasteiger partial charge is 0.241 e. The van der Waals surface area contributed by atoms with Gasteiger partial charge in [-0.15, -0.1) is 0 Å². The van der Waals surface area contributed by atoms with Gasteiger partial charge < -0.3 is 10.2 Å². The highest BCUT2D eigenvalue weighted by Gasteiger charge is 2.36. The fourth-order valence-corrected chi connectivity index (χ4v) is 3.67. The molecule has 1 atom stereocenters. The summed E-state index contributed by atoms with van der Waals surface area (Å²) in [6.07, 6.45) is 6.07. The second kappa shape index (κ2) is 6.69. The number of nitrogens with zero attached hydrogens (tertiary/aromatic N) is 2. The van der Waals surface area contributed by atoms with Crippen molar-refractivity contribution in [2.45, 2.75) is 55.3 Å². The van der Waals surface area contributed by atoms with Crippen LogP contribution in [0, 0.1) is 0 Å². The van der Waals surface area contributed by atoms with E-state index < -0.39 is 0 Å². The van der Waals surface area contributed by atoms with E-state index in [-0.39, 0.29) is 23.5 Å². The molecule has 0 spiro atoms. The molecule has 3 rings (SSSR count). The molecule has 2 heterocycles. The van der Waals surface area contributed by atoms with E-state index in [0.29, 0.717) is 12.6 Å². The van der Waals surface area contributed by atoms with Crippen molar-refractivity contribution >= 4 is 29.3 Å². The molecular formula is C16H21N3O2S. The van der Waals surface area contributed by atoms with E-state index in [4.69, 9.17) is 0 Å². The summed E-state index contributed by atoms with van der Waals surface area (Å²) in [5.41, 5.74) is 0.879. The molecule has 1 aromatic rings. The third kappa shape index (κ3) is 3.43. The molecule has 0 unspecified atom stereocenters. The van der Waals surface area contributed by atoms with Crippen molar-refractivity contribution in [2.24, 2.45) is 0 Å². The third-order valence-corrected chi connectivity index (χ3v) is 5.08. The van der Waals surface area contributed by atoms with Crippen molar-refractivity contribution in [2.75, 3.05) is 11.4 Å². The van der Waals surface area contributed by atoms with Crippen LogP contribution in [0.4, 0.5) is 5.69 Å². The predicted octanol–water partition coefficient (Wildman–Crippen LogP) is 2.36. The Bertz CT molecular complexity index is 574. The van der Waals surface area contributed by atoms with Gasteiger partial charge in [0.1, 0.15) is 5.03 Å². The fourth-order valence-electron chi connectivity index (χ4n) is 2.51. The lowest BCUT2D eigenvalue weighted by Gasteiger charge is -2.32. The largest absolute Gasteiger partial charge is 0.353 e. The van der Waals surface area contributed by atoms with Crippen molar-refractivity contribution in [3.05, 3.63) is 18.3 Å². The van der Waals surface area contributed by atoms with Crippen molar-refractivity contribution < 1.29 is 9.59 Å². The Morgan fingerprint density at radius 1 is 1.50 bits per heavy atom. The molecule has 22 heavy (non-hydrogen) atoms. The van der Waals surface area contributed by atoms with Gasteiger partial charge in [-0.2, -0.15) is 0 Å². The Balaban J connectivity index is 1.74. The van der Waals surface area contributed by atoms with E-state index in [2.05, 4.69) is 17.2 Å². The minimum atomic E-state index is -0.363. The zero-order valence-corrected chi connectivity index (χ0v) is 13.6. The van der Waals surface area contributed by atoms with Gasteiger partial charge in [-0.3, -0.25) is 9.59 Å². The minimum Gasteiger partial charge on any atom is -0.353 e. The molecule has 0 radical (unpaired) electrons. The first-order valence-electron chi connectivity index (χ1n) is 7.91. The second-order valence-corrected chi connectivity index (χ2v) is 7.01. The van der Waals surface area contributed by atoms with Gasteiger partial charge in [0.25, 0.3) is 0 Å². The third-order valence-electron chi connectivity index (χ3n) is 3.89. The Kier molecular flexibility index (Phi) is 4.66. The maximum Gasteiger partial charge on any atom is 0.241 e. The van der Waals surface area contributed by atoms with E-state index in [1.165, 1.54) is 11.8 Å². The van der Waals surface area contributed by atoms with Crippen LogP contribution < -0.4 is 10.2 Å². The zero-order valence-electron chi connectivity index (χ0n) is 12.7. The molecule has 118 valence electrons. The number of hydrogen-bond donors (Lipinski definition) is 1. The Labute approximate surface area is 134 Å². The molecule has 1 aliphatic heterocycles. The highest BCUT2D eigenvalue weighted by atomic mass is 32.2. The quantitative estimate of drug-likeness (QED) is 0.874. The number of aromatic nitrogens is 1. The normalized spacial score (nSPS) is 20.7. The van der Waals surface area contributed by atoms with Crippen LogP contribution in [-0.2, 0) is 9.59 Å². The lowest BCUT2D eigenvalue weighted by atomic mass is 10.2. The highest BCUT2D eigenvalue weighted by molar-refractivity contribution is 8.00. The van der Waals surface area contributed by atoms with E-state index >= 15 is 0 Å². The lowest BCUT2D eigenvalue weighted by Crippen LogP contribution is -2.44. The van der Waals surface area contributed by atoms with Crippen LogP contribution in [0.1, 0.15) is 39.0 Å². The van der Waals surface area contributed by atoms with Crippen molar-refractivity contribution in [3.8, 4) is 0 Å². The number of carbonyl (C=O) groups is 2. The second-order valence-electron chi connectivity index (χ2n) is 5.82. The summed E-state index contributed by atoms with van der Waals surface area (Å²) >= 11 is 1.41. The summed E-state index contributed by atoms with van der Waals surface area (Å²) in [5, 5.41) is 3.45. The molecule has 1 fully saturated rings. The minimum absolute atomic E-state index is 0.0248. The molecule has 1 aliphatic carbocycles. The number of thioether (sulfide) groups is 1. The summed E-state index contributed by atoms with van der Waals surface area (Å²) in [5.74, 6) is 0.00747. The average Bonchev–Trinajstić information content (AvgIpc) is 3.31. The van der Waals surface area contributed by atoms with Gasteiger partial charge in [-0.1, -0.05) is 25.1 Å². The molecule has 2 amide bonds. The van der Waals surface area contributed by atoms with Gasteiger partial charge in [-0.05, 0) is 31.4 Å².